The van der Waals surface area contributed by atoms with E-state index in [9.17, 15) is 0 Å². The molecule has 244 valence electrons. The lowest BCUT2D eigenvalue weighted by molar-refractivity contribution is 0.620. The number of fused-ring (bicyclic) bond motifs is 6. The van der Waals surface area contributed by atoms with Gasteiger partial charge < -0.3 is 9.32 Å². The fraction of sp³-hybridized carbons (Fsp3) is 0. The van der Waals surface area contributed by atoms with Gasteiger partial charge in [-0.05, 0) is 98.2 Å². The van der Waals surface area contributed by atoms with Gasteiger partial charge in [-0.1, -0.05) is 140 Å². The van der Waals surface area contributed by atoms with Gasteiger partial charge in [0.15, 0.2) is 5.58 Å². The standard InChI is InChI=1S/C49H32N2O/c1-3-13-33(14-4-1)41-19-11-12-22-46(41)51(39-29-25-35-26-30-47-48(45(35)32-39)50-49(52-47)36-15-5-2-6-16-36)38-27-23-34(24-28-38)44-31-37-17-7-8-18-40(37)42-20-9-10-21-43(42)44/h1-32H. The van der Waals surface area contributed by atoms with Crippen LogP contribution in [0.15, 0.2) is 199 Å². The van der Waals surface area contributed by atoms with Crippen LogP contribution in [0, 0.1) is 0 Å². The van der Waals surface area contributed by atoms with E-state index in [0.29, 0.717) is 5.89 Å². The second-order valence-electron chi connectivity index (χ2n) is 13.2. The summed E-state index contributed by atoms with van der Waals surface area (Å²) in [5.74, 6) is 0.622. The van der Waals surface area contributed by atoms with Crippen molar-refractivity contribution in [2.24, 2.45) is 0 Å². The predicted molar refractivity (Wildman–Crippen MR) is 218 cm³/mol. The van der Waals surface area contributed by atoms with Gasteiger partial charge in [0.25, 0.3) is 0 Å². The van der Waals surface area contributed by atoms with Crippen LogP contribution in [-0.4, -0.2) is 4.98 Å². The quantitative estimate of drug-likeness (QED) is 0.166. The molecule has 3 heteroatoms. The highest BCUT2D eigenvalue weighted by Gasteiger charge is 2.19. The van der Waals surface area contributed by atoms with Crippen molar-refractivity contribution in [3.05, 3.63) is 194 Å². The first-order valence-corrected chi connectivity index (χ1v) is 17.6. The van der Waals surface area contributed by atoms with Crippen molar-refractivity contribution in [2.45, 2.75) is 0 Å². The van der Waals surface area contributed by atoms with Crippen molar-refractivity contribution in [1.29, 1.82) is 0 Å². The van der Waals surface area contributed by atoms with E-state index in [0.717, 1.165) is 55.6 Å². The van der Waals surface area contributed by atoms with Crippen LogP contribution < -0.4 is 4.90 Å². The predicted octanol–water partition coefficient (Wildman–Crippen LogP) is 13.8. The van der Waals surface area contributed by atoms with Gasteiger partial charge >= 0.3 is 0 Å². The first kappa shape index (κ1) is 29.9. The van der Waals surface area contributed by atoms with Gasteiger partial charge in [-0.15, -0.1) is 0 Å². The maximum Gasteiger partial charge on any atom is 0.227 e. The number of oxazole rings is 1. The van der Waals surface area contributed by atoms with E-state index in [-0.39, 0.29) is 0 Å². The molecule has 9 aromatic carbocycles. The smallest absolute Gasteiger partial charge is 0.227 e. The number of nitrogens with zero attached hydrogens (tertiary/aromatic N) is 2. The number of rotatable bonds is 6. The topological polar surface area (TPSA) is 29.3 Å². The van der Waals surface area contributed by atoms with E-state index in [1.54, 1.807) is 0 Å². The molecule has 0 amide bonds. The second-order valence-corrected chi connectivity index (χ2v) is 13.2. The Morgan fingerprint density at radius 2 is 1.00 bits per heavy atom. The Labute approximate surface area is 301 Å². The summed E-state index contributed by atoms with van der Waals surface area (Å²) < 4.78 is 6.30. The molecule has 10 rings (SSSR count). The minimum Gasteiger partial charge on any atom is -0.436 e. The molecule has 0 N–H and O–H groups in total. The molecule has 0 aliphatic heterocycles. The van der Waals surface area contributed by atoms with Gasteiger partial charge in [0.1, 0.15) is 5.52 Å². The lowest BCUT2D eigenvalue weighted by Gasteiger charge is -2.28. The molecule has 1 aromatic heterocycles. The van der Waals surface area contributed by atoms with Crippen molar-refractivity contribution in [3.8, 4) is 33.7 Å². The molecule has 52 heavy (non-hydrogen) atoms. The molecule has 0 atom stereocenters. The van der Waals surface area contributed by atoms with E-state index in [1.807, 2.05) is 36.4 Å². The summed E-state index contributed by atoms with van der Waals surface area (Å²) in [6.45, 7) is 0. The summed E-state index contributed by atoms with van der Waals surface area (Å²) in [4.78, 5) is 7.39. The fourth-order valence-corrected chi connectivity index (χ4v) is 7.58. The summed E-state index contributed by atoms with van der Waals surface area (Å²) >= 11 is 0. The van der Waals surface area contributed by atoms with Crippen LogP contribution in [0.3, 0.4) is 0 Å². The Kier molecular flexibility index (Phi) is 7.14. The number of benzene rings is 9. The van der Waals surface area contributed by atoms with Crippen LogP contribution in [0.5, 0.6) is 0 Å². The zero-order valence-electron chi connectivity index (χ0n) is 28.3. The van der Waals surface area contributed by atoms with Crippen LogP contribution in [-0.2, 0) is 0 Å². The van der Waals surface area contributed by atoms with Crippen molar-refractivity contribution in [3.63, 3.8) is 0 Å². The molecule has 0 fully saturated rings. The Morgan fingerprint density at radius 3 is 1.81 bits per heavy atom. The van der Waals surface area contributed by atoms with Crippen molar-refractivity contribution < 1.29 is 4.42 Å². The first-order valence-electron chi connectivity index (χ1n) is 17.6. The summed E-state index contributed by atoms with van der Waals surface area (Å²) in [5.41, 5.74) is 10.5. The fourth-order valence-electron chi connectivity index (χ4n) is 7.58. The SMILES string of the molecule is c1ccc(-c2nc3c(ccc4ccc(N(c5ccc(-c6cc7ccccc7c7ccccc67)cc5)c5ccccc5-c5ccccc5)cc43)o2)cc1. The van der Waals surface area contributed by atoms with Crippen molar-refractivity contribution >= 4 is 60.5 Å². The van der Waals surface area contributed by atoms with Crippen LogP contribution >= 0.6 is 0 Å². The molecule has 3 nitrogen and oxygen atoms in total. The van der Waals surface area contributed by atoms with Crippen LogP contribution in [0.4, 0.5) is 17.1 Å². The molecular weight excluding hydrogens is 633 g/mol. The molecule has 10 aromatic rings. The second kappa shape index (κ2) is 12.4. The van der Waals surface area contributed by atoms with E-state index < -0.39 is 0 Å². The highest BCUT2D eigenvalue weighted by molar-refractivity contribution is 6.14. The van der Waals surface area contributed by atoms with E-state index >= 15 is 0 Å². The number of anilines is 3. The average molecular weight is 665 g/mol. The zero-order chi connectivity index (χ0) is 34.4. The molecule has 1 heterocycles. The minimum atomic E-state index is 0.622. The third-order valence-electron chi connectivity index (χ3n) is 10.1. The van der Waals surface area contributed by atoms with Crippen LogP contribution in [0.25, 0.3) is 77.1 Å². The van der Waals surface area contributed by atoms with E-state index in [1.165, 1.54) is 32.7 Å². The van der Waals surface area contributed by atoms with Gasteiger partial charge in [-0.25, -0.2) is 4.98 Å². The largest absolute Gasteiger partial charge is 0.436 e. The normalized spacial score (nSPS) is 11.5. The Bertz CT molecular complexity index is 2890. The molecule has 0 aliphatic carbocycles. The Hall–Kier alpha value is -6.97. The van der Waals surface area contributed by atoms with Crippen LogP contribution in [0.2, 0.25) is 0 Å². The molecule has 0 saturated carbocycles. The lowest BCUT2D eigenvalue weighted by Crippen LogP contribution is -2.11. The highest BCUT2D eigenvalue weighted by atomic mass is 16.3. The van der Waals surface area contributed by atoms with Gasteiger partial charge in [0, 0.05) is 27.9 Å². The maximum atomic E-state index is 6.30. The summed E-state index contributed by atoms with van der Waals surface area (Å²) in [6, 6.07) is 68.8. The summed E-state index contributed by atoms with van der Waals surface area (Å²) in [6.07, 6.45) is 0. The van der Waals surface area contributed by atoms with Crippen molar-refractivity contribution in [1.82, 2.24) is 4.98 Å². The maximum absolute atomic E-state index is 6.30. The third-order valence-corrected chi connectivity index (χ3v) is 10.1. The molecule has 0 spiro atoms. The minimum absolute atomic E-state index is 0.622. The molecule has 0 bridgehead atoms. The number of para-hydroxylation sites is 1. The summed E-state index contributed by atoms with van der Waals surface area (Å²) in [5, 5.41) is 7.19. The molecule has 0 aliphatic rings. The van der Waals surface area contributed by atoms with Crippen molar-refractivity contribution in [2.75, 3.05) is 4.90 Å². The number of hydrogen-bond acceptors (Lipinski definition) is 3. The average Bonchev–Trinajstić information content (AvgIpc) is 3.67. The Balaban J connectivity index is 1.16. The number of aromatic nitrogens is 1. The monoisotopic (exact) mass is 664 g/mol. The van der Waals surface area contributed by atoms with Gasteiger partial charge in [-0.3, -0.25) is 0 Å². The molecule has 0 radical (unpaired) electrons. The highest BCUT2D eigenvalue weighted by Crippen LogP contribution is 2.43. The third kappa shape index (κ3) is 5.10. The van der Waals surface area contributed by atoms with E-state index in [2.05, 4.69) is 163 Å². The van der Waals surface area contributed by atoms with Crippen LogP contribution in [0.1, 0.15) is 0 Å². The van der Waals surface area contributed by atoms with Gasteiger partial charge in [-0.2, -0.15) is 0 Å². The molecule has 0 unspecified atom stereocenters. The molecule has 0 saturated heterocycles. The van der Waals surface area contributed by atoms with Gasteiger partial charge in [0.05, 0.1) is 5.69 Å². The number of hydrogen-bond donors (Lipinski definition) is 0. The lowest BCUT2D eigenvalue weighted by atomic mass is 9.93. The summed E-state index contributed by atoms with van der Waals surface area (Å²) in [7, 11) is 0. The van der Waals surface area contributed by atoms with Gasteiger partial charge in [0.2, 0.25) is 5.89 Å². The first-order chi connectivity index (χ1) is 25.8. The van der Waals surface area contributed by atoms with E-state index in [4.69, 9.17) is 9.40 Å². The molecular formula is C49H32N2O. The zero-order valence-corrected chi connectivity index (χ0v) is 28.3. The Morgan fingerprint density at radius 1 is 0.385 bits per heavy atom.